The summed E-state index contributed by atoms with van der Waals surface area (Å²) in [5, 5.41) is 7.47. The molecule has 4 N–H and O–H groups in total. The lowest BCUT2D eigenvalue weighted by atomic mass is 9.92. The third-order valence-electron chi connectivity index (χ3n) is 6.13. The maximum atomic E-state index is 13.8. The molecule has 1 unspecified atom stereocenters. The second-order valence-electron chi connectivity index (χ2n) is 9.05. The van der Waals surface area contributed by atoms with Gasteiger partial charge in [0.1, 0.15) is 5.69 Å². The lowest BCUT2D eigenvalue weighted by Crippen LogP contribution is -2.33. The minimum Gasteiger partial charge on any atom is -0.351 e. The highest BCUT2D eigenvalue weighted by atomic mass is 31.2. The number of nitrogens with one attached hydrogen (secondary N) is 2. The van der Waals surface area contributed by atoms with E-state index in [1.165, 1.54) is 0 Å². The van der Waals surface area contributed by atoms with Crippen LogP contribution in [0, 0.1) is 6.92 Å². The van der Waals surface area contributed by atoms with E-state index in [1.807, 2.05) is 58.9 Å². The van der Waals surface area contributed by atoms with E-state index in [1.54, 1.807) is 6.21 Å². The van der Waals surface area contributed by atoms with Crippen molar-refractivity contribution in [3.63, 3.8) is 0 Å². The van der Waals surface area contributed by atoms with Gasteiger partial charge >= 0.3 is 0 Å². The van der Waals surface area contributed by atoms with Crippen LogP contribution in [0.3, 0.4) is 0 Å². The molecule has 1 atom stereocenters. The van der Waals surface area contributed by atoms with Crippen LogP contribution in [0.2, 0.25) is 0 Å². The average molecular weight is 565 g/mol. The normalized spacial score (nSPS) is 19.6. The molecule has 0 bridgehead atoms. The van der Waals surface area contributed by atoms with Crippen LogP contribution in [0.25, 0.3) is 0 Å². The summed E-state index contributed by atoms with van der Waals surface area (Å²) >= 11 is 0. The van der Waals surface area contributed by atoms with Crippen molar-refractivity contribution in [1.82, 2.24) is 9.97 Å². The second-order valence-corrected chi connectivity index (χ2v) is 13.5. The van der Waals surface area contributed by atoms with Gasteiger partial charge in [-0.3, -0.25) is 9.56 Å². The fraction of sp³-hybridized carbons (Fsp3) is 0.577. The molecule has 38 heavy (non-hydrogen) atoms. The number of nitrogens with two attached hydrogens (primary N) is 1. The molecular weight excluding hydrogens is 522 g/mol. The number of aromatic nitrogens is 2. The minimum atomic E-state index is -3.17. The Morgan fingerprint density at radius 3 is 2.32 bits per heavy atom. The Hall–Kier alpha value is -1.93. The van der Waals surface area contributed by atoms with E-state index in [0.717, 1.165) is 37.1 Å². The Kier molecular flexibility index (Phi) is 12.1. The van der Waals surface area contributed by atoms with Gasteiger partial charge in [0, 0.05) is 29.3 Å². The summed E-state index contributed by atoms with van der Waals surface area (Å²) in [6.07, 6.45) is 5.71. The van der Waals surface area contributed by atoms with Crippen molar-refractivity contribution >= 4 is 50.4 Å². The topological polar surface area (TPSA) is 133 Å². The molecule has 1 aromatic heterocycles. The average Bonchev–Trinajstić information content (AvgIpc) is 2.88. The largest absolute Gasteiger partial charge is 0.351 e. The molecule has 1 aliphatic rings. The maximum Gasteiger partial charge on any atom is 0.240 e. The Balaban J connectivity index is 1.82. The maximum absolute atomic E-state index is 13.8. The molecule has 12 heteroatoms. The first-order chi connectivity index (χ1) is 18.3. The summed E-state index contributed by atoms with van der Waals surface area (Å²) < 4.78 is 31.0. The summed E-state index contributed by atoms with van der Waals surface area (Å²) in [7, 11) is -4.48. The Morgan fingerprint density at radius 1 is 1.08 bits per heavy atom. The highest BCUT2D eigenvalue weighted by molar-refractivity contribution is 7.76. The van der Waals surface area contributed by atoms with Gasteiger partial charge in [-0.2, -0.15) is 4.98 Å². The molecule has 0 radical (unpaired) electrons. The second kappa shape index (κ2) is 15.0. The van der Waals surface area contributed by atoms with Crippen LogP contribution in [0.5, 0.6) is 0 Å². The number of rotatable bonds is 14. The Morgan fingerprint density at radius 2 is 1.74 bits per heavy atom. The fourth-order valence-electron chi connectivity index (χ4n) is 4.32. The van der Waals surface area contributed by atoms with Crippen molar-refractivity contribution in [2.45, 2.75) is 72.4 Å². The van der Waals surface area contributed by atoms with E-state index < -0.39 is 15.7 Å². The number of nitrogens with zero attached hydrogens (tertiary/aromatic N) is 3. The van der Waals surface area contributed by atoms with Crippen molar-refractivity contribution in [1.29, 1.82) is 0 Å². The van der Waals surface area contributed by atoms with Crippen molar-refractivity contribution in [2.24, 2.45) is 10.7 Å². The molecule has 1 fully saturated rings. The number of aliphatic imine (C=N–C) groups is 1. The van der Waals surface area contributed by atoms with Gasteiger partial charge in [0.15, 0.2) is 14.2 Å². The molecule has 10 nitrogen and oxygen atoms in total. The molecule has 0 amide bonds. The van der Waals surface area contributed by atoms with Crippen LogP contribution in [0.15, 0.2) is 29.3 Å². The molecule has 1 saturated carbocycles. The number of hydrogen-bond acceptors (Lipinski definition) is 10. The molecule has 2 aromatic rings. The van der Waals surface area contributed by atoms with Crippen LogP contribution in [0.4, 0.5) is 23.1 Å². The summed E-state index contributed by atoms with van der Waals surface area (Å²) in [5.41, 5.74) is 8.29. The Bertz CT molecular complexity index is 1090. The zero-order valence-corrected chi connectivity index (χ0v) is 24.9. The number of benzene rings is 1. The zero-order valence-electron chi connectivity index (χ0n) is 23.1. The molecule has 1 aliphatic carbocycles. The molecule has 0 aliphatic heterocycles. The highest BCUT2D eigenvalue weighted by Crippen LogP contribution is 2.58. The first-order valence-corrected chi connectivity index (χ1v) is 16.5. The van der Waals surface area contributed by atoms with Crippen molar-refractivity contribution in [3.8, 4) is 0 Å². The van der Waals surface area contributed by atoms with Crippen LogP contribution < -0.4 is 21.7 Å². The quantitative estimate of drug-likeness (QED) is 0.181. The fourth-order valence-corrected chi connectivity index (χ4v) is 8.99. The van der Waals surface area contributed by atoms with Gasteiger partial charge in [0.25, 0.3) is 0 Å². The minimum absolute atomic E-state index is 0.214. The molecule has 0 spiro atoms. The zero-order chi connectivity index (χ0) is 27.5. The summed E-state index contributed by atoms with van der Waals surface area (Å²) in [5.74, 6) is 1.38. The standard InChI is InChI=1S/C26H42N6O4P2/c1-6-28-24-19(5)29-26(31-22-12-10-20(27)11-13-22)32-25(24)30-21-14-16-23(17-15-21)38(33,36-9-4)18-37(34-7-2)35-8-3/h6,14-17,20,22H,7-13,18,27H2,1-5H3,(H2,29,30,31,32). The monoisotopic (exact) mass is 564 g/mol. The molecule has 3 rings (SSSR count). The van der Waals surface area contributed by atoms with Crippen molar-refractivity contribution in [2.75, 3.05) is 36.4 Å². The van der Waals surface area contributed by atoms with Gasteiger partial charge in [0.2, 0.25) is 13.3 Å². The highest BCUT2D eigenvalue weighted by Gasteiger charge is 2.31. The third-order valence-corrected chi connectivity index (χ3v) is 11.4. The van der Waals surface area contributed by atoms with Gasteiger partial charge in [-0.05, 0) is 84.6 Å². The van der Waals surface area contributed by atoms with Gasteiger partial charge in [0.05, 0.1) is 31.4 Å². The van der Waals surface area contributed by atoms with Crippen molar-refractivity contribution in [3.05, 3.63) is 30.0 Å². The number of hydrogen-bond donors (Lipinski definition) is 3. The predicted octanol–water partition coefficient (Wildman–Crippen LogP) is 6.21. The van der Waals surface area contributed by atoms with Gasteiger partial charge < -0.3 is 29.9 Å². The predicted molar refractivity (Wildman–Crippen MR) is 158 cm³/mol. The van der Waals surface area contributed by atoms with Crippen LogP contribution in [0.1, 0.15) is 59.1 Å². The van der Waals surface area contributed by atoms with E-state index in [0.29, 0.717) is 48.6 Å². The Labute approximate surface area is 227 Å². The first-order valence-electron chi connectivity index (χ1n) is 13.4. The van der Waals surface area contributed by atoms with E-state index >= 15 is 0 Å². The van der Waals surface area contributed by atoms with E-state index in [2.05, 4.69) is 20.6 Å². The molecular formula is C26H42N6O4P2. The molecule has 1 heterocycles. The third kappa shape index (κ3) is 8.54. The van der Waals surface area contributed by atoms with Crippen LogP contribution in [-0.2, 0) is 18.1 Å². The van der Waals surface area contributed by atoms with Gasteiger partial charge in [-0.1, -0.05) is 0 Å². The van der Waals surface area contributed by atoms with Gasteiger partial charge in [-0.25, -0.2) is 4.98 Å². The van der Waals surface area contributed by atoms with E-state index in [4.69, 9.17) is 24.3 Å². The van der Waals surface area contributed by atoms with Gasteiger partial charge in [-0.15, -0.1) is 0 Å². The van der Waals surface area contributed by atoms with Crippen molar-refractivity contribution < 1.29 is 18.1 Å². The number of anilines is 3. The molecule has 1 aromatic carbocycles. The number of aryl methyl sites for hydroxylation is 1. The smallest absolute Gasteiger partial charge is 0.240 e. The summed E-state index contributed by atoms with van der Waals surface area (Å²) in [6.45, 7) is 10.7. The molecule has 210 valence electrons. The molecule has 0 saturated heterocycles. The summed E-state index contributed by atoms with van der Waals surface area (Å²) in [4.78, 5) is 13.9. The van der Waals surface area contributed by atoms with E-state index in [9.17, 15) is 4.57 Å². The lowest BCUT2D eigenvalue weighted by Gasteiger charge is -2.27. The SMILES string of the molecule is CC=Nc1c(C)nc(NC2CCC(N)CC2)nc1Nc1ccc(P(=O)(CP(OCC)OCC)OCC)cc1. The van der Waals surface area contributed by atoms with Crippen LogP contribution in [-0.4, -0.2) is 54.0 Å². The lowest BCUT2D eigenvalue weighted by molar-refractivity contribution is 0.270. The summed E-state index contributed by atoms with van der Waals surface area (Å²) in [6, 6.07) is 7.97. The first kappa shape index (κ1) is 30.6. The van der Waals surface area contributed by atoms with E-state index in [-0.39, 0.29) is 11.9 Å². The van der Waals surface area contributed by atoms with Crippen LogP contribution >= 0.6 is 15.7 Å².